The summed E-state index contributed by atoms with van der Waals surface area (Å²) in [6.45, 7) is 6.58. The van der Waals surface area contributed by atoms with Crippen LogP contribution in [0, 0.1) is 5.82 Å². The Kier molecular flexibility index (Phi) is 9.16. The van der Waals surface area contributed by atoms with Crippen molar-refractivity contribution in [2.45, 2.75) is 24.3 Å². The topological polar surface area (TPSA) is 81.7 Å². The summed E-state index contributed by atoms with van der Waals surface area (Å²) in [6.07, 6.45) is 0.907. The fraction of sp³-hybridized carbons (Fsp3) is 0.435. The molecule has 1 amide bonds. The minimum atomic E-state index is -3.74. The Balaban J connectivity index is 1.24. The predicted molar refractivity (Wildman–Crippen MR) is 122 cm³/mol. The smallest absolute Gasteiger partial charge is 0.240 e. The highest BCUT2D eigenvalue weighted by Gasteiger charge is 2.17. The van der Waals surface area contributed by atoms with E-state index in [1.807, 2.05) is 6.07 Å². The first-order valence-corrected chi connectivity index (χ1v) is 12.4. The number of hydrogen-bond donors (Lipinski definition) is 2. The normalized spacial score (nSPS) is 15.5. The maximum Gasteiger partial charge on any atom is 0.240 e. The van der Waals surface area contributed by atoms with Gasteiger partial charge in [-0.2, -0.15) is 0 Å². The molecule has 9 heteroatoms. The standard InChI is InChI=1S/C23H31FN4O3S/c24-21-7-9-22(10-8-21)32(30,31)26-13-11-23(29)25-12-4-14-27-15-17-28(18-16-27)19-20-5-2-1-3-6-20/h1-3,5-10,26H,4,11-19H2,(H,25,29). The van der Waals surface area contributed by atoms with Gasteiger partial charge < -0.3 is 10.2 Å². The summed E-state index contributed by atoms with van der Waals surface area (Å²) in [5.41, 5.74) is 1.34. The van der Waals surface area contributed by atoms with Gasteiger partial charge >= 0.3 is 0 Å². The number of nitrogens with one attached hydrogen (secondary N) is 2. The molecule has 0 saturated carbocycles. The number of nitrogens with zero attached hydrogens (tertiary/aromatic N) is 2. The molecular formula is C23H31FN4O3S. The lowest BCUT2D eigenvalue weighted by Gasteiger charge is -2.34. The van der Waals surface area contributed by atoms with Crippen molar-refractivity contribution < 1.29 is 17.6 Å². The van der Waals surface area contributed by atoms with Gasteiger partial charge in [0.1, 0.15) is 5.82 Å². The third-order valence-electron chi connectivity index (χ3n) is 5.46. The van der Waals surface area contributed by atoms with Crippen molar-refractivity contribution in [2.24, 2.45) is 0 Å². The number of rotatable bonds is 11. The lowest BCUT2D eigenvalue weighted by molar-refractivity contribution is -0.120. The molecule has 1 aliphatic heterocycles. The fourth-order valence-electron chi connectivity index (χ4n) is 3.63. The van der Waals surface area contributed by atoms with E-state index in [0.717, 1.165) is 57.8 Å². The Hall–Kier alpha value is -2.33. The minimum absolute atomic E-state index is 0.00504. The zero-order chi connectivity index (χ0) is 22.8. The third kappa shape index (κ3) is 7.98. The van der Waals surface area contributed by atoms with E-state index in [-0.39, 0.29) is 23.8 Å². The first kappa shape index (κ1) is 24.3. The van der Waals surface area contributed by atoms with Crippen molar-refractivity contribution in [2.75, 3.05) is 45.8 Å². The van der Waals surface area contributed by atoms with Crippen LogP contribution in [0.3, 0.4) is 0 Å². The van der Waals surface area contributed by atoms with Crippen molar-refractivity contribution >= 4 is 15.9 Å². The number of halogens is 1. The summed E-state index contributed by atoms with van der Waals surface area (Å²) < 4.78 is 39.5. The molecule has 0 bridgehead atoms. The molecule has 0 spiro atoms. The molecule has 0 radical (unpaired) electrons. The quantitative estimate of drug-likeness (QED) is 0.498. The Morgan fingerprint density at radius 2 is 1.56 bits per heavy atom. The van der Waals surface area contributed by atoms with E-state index < -0.39 is 15.8 Å². The Morgan fingerprint density at radius 1 is 0.906 bits per heavy atom. The molecule has 0 atom stereocenters. The minimum Gasteiger partial charge on any atom is -0.356 e. The van der Waals surface area contributed by atoms with Gasteiger partial charge in [0.25, 0.3) is 0 Å². The van der Waals surface area contributed by atoms with Gasteiger partial charge in [0, 0.05) is 52.2 Å². The van der Waals surface area contributed by atoms with Crippen molar-refractivity contribution in [3.8, 4) is 0 Å². The Morgan fingerprint density at radius 3 is 2.25 bits per heavy atom. The summed E-state index contributed by atoms with van der Waals surface area (Å²) in [6, 6.07) is 15.0. The van der Waals surface area contributed by atoms with Crippen LogP contribution in [0.25, 0.3) is 0 Å². The molecular weight excluding hydrogens is 431 g/mol. The molecule has 2 N–H and O–H groups in total. The van der Waals surface area contributed by atoms with Crippen LogP contribution in [0.5, 0.6) is 0 Å². The van der Waals surface area contributed by atoms with Crippen LogP contribution < -0.4 is 10.0 Å². The van der Waals surface area contributed by atoms with E-state index in [9.17, 15) is 17.6 Å². The Bertz CT molecular complexity index is 947. The molecule has 174 valence electrons. The molecule has 32 heavy (non-hydrogen) atoms. The van der Waals surface area contributed by atoms with Crippen LogP contribution >= 0.6 is 0 Å². The van der Waals surface area contributed by atoms with Gasteiger partial charge in [0.15, 0.2) is 0 Å². The number of piperazine rings is 1. The van der Waals surface area contributed by atoms with E-state index in [1.165, 1.54) is 17.7 Å². The average molecular weight is 463 g/mol. The maximum absolute atomic E-state index is 12.9. The zero-order valence-corrected chi connectivity index (χ0v) is 19.0. The molecule has 1 aliphatic rings. The second-order valence-corrected chi connectivity index (χ2v) is 9.68. The van der Waals surface area contributed by atoms with E-state index in [0.29, 0.717) is 6.54 Å². The van der Waals surface area contributed by atoms with E-state index in [4.69, 9.17) is 0 Å². The van der Waals surface area contributed by atoms with Crippen LogP contribution in [0.4, 0.5) is 4.39 Å². The first-order chi connectivity index (χ1) is 15.4. The molecule has 2 aromatic rings. The van der Waals surface area contributed by atoms with Gasteiger partial charge in [0.05, 0.1) is 4.90 Å². The summed E-state index contributed by atoms with van der Waals surface area (Å²) in [7, 11) is -3.74. The summed E-state index contributed by atoms with van der Waals surface area (Å²) in [5.74, 6) is -0.697. The molecule has 1 saturated heterocycles. The number of carbonyl (C=O) groups excluding carboxylic acids is 1. The molecule has 0 aliphatic carbocycles. The van der Waals surface area contributed by atoms with Crippen LogP contribution in [-0.2, 0) is 21.4 Å². The predicted octanol–water partition coefficient (Wildman–Crippen LogP) is 1.82. The van der Waals surface area contributed by atoms with Gasteiger partial charge in [-0.3, -0.25) is 9.69 Å². The molecule has 0 unspecified atom stereocenters. The highest BCUT2D eigenvalue weighted by Crippen LogP contribution is 2.10. The third-order valence-corrected chi connectivity index (χ3v) is 6.93. The number of carbonyl (C=O) groups is 1. The highest BCUT2D eigenvalue weighted by atomic mass is 32.2. The van der Waals surface area contributed by atoms with E-state index in [2.05, 4.69) is 44.1 Å². The number of amides is 1. The monoisotopic (exact) mass is 462 g/mol. The van der Waals surface area contributed by atoms with Crippen molar-refractivity contribution in [1.82, 2.24) is 19.8 Å². The molecule has 1 fully saturated rings. The largest absolute Gasteiger partial charge is 0.356 e. The molecule has 0 aromatic heterocycles. The van der Waals surface area contributed by atoms with Gasteiger partial charge in [-0.15, -0.1) is 0 Å². The summed E-state index contributed by atoms with van der Waals surface area (Å²) in [4.78, 5) is 16.8. The lowest BCUT2D eigenvalue weighted by Crippen LogP contribution is -2.46. The lowest BCUT2D eigenvalue weighted by atomic mass is 10.2. The van der Waals surface area contributed by atoms with Crippen molar-refractivity contribution in [3.05, 3.63) is 66.0 Å². The van der Waals surface area contributed by atoms with Gasteiger partial charge in [-0.05, 0) is 42.8 Å². The van der Waals surface area contributed by atoms with Gasteiger partial charge in [-0.25, -0.2) is 17.5 Å². The van der Waals surface area contributed by atoms with E-state index in [1.54, 1.807) is 0 Å². The van der Waals surface area contributed by atoms with Crippen molar-refractivity contribution in [1.29, 1.82) is 0 Å². The number of benzene rings is 2. The molecule has 1 heterocycles. The molecule has 7 nitrogen and oxygen atoms in total. The van der Waals surface area contributed by atoms with Crippen molar-refractivity contribution in [3.63, 3.8) is 0 Å². The number of sulfonamides is 1. The highest BCUT2D eigenvalue weighted by molar-refractivity contribution is 7.89. The first-order valence-electron chi connectivity index (χ1n) is 10.9. The summed E-state index contributed by atoms with van der Waals surface area (Å²) >= 11 is 0. The van der Waals surface area contributed by atoms with Gasteiger partial charge in [0.2, 0.25) is 15.9 Å². The fourth-order valence-corrected chi connectivity index (χ4v) is 4.66. The number of hydrogen-bond acceptors (Lipinski definition) is 5. The zero-order valence-electron chi connectivity index (χ0n) is 18.2. The second kappa shape index (κ2) is 12.1. The second-order valence-electron chi connectivity index (χ2n) is 7.91. The van der Waals surface area contributed by atoms with Crippen LogP contribution in [0.2, 0.25) is 0 Å². The summed E-state index contributed by atoms with van der Waals surface area (Å²) in [5, 5.41) is 2.84. The molecule has 2 aromatic carbocycles. The Labute approximate surface area is 189 Å². The van der Waals surface area contributed by atoms with Gasteiger partial charge in [-0.1, -0.05) is 30.3 Å². The molecule has 3 rings (SSSR count). The average Bonchev–Trinajstić information content (AvgIpc) is 2.79. The van der Waals surface area contributed by atoms with Crippen LogP contribution in [0.15, 0.2) is 59.5 Å². The van der Waals surface area contributed by atoms with Crippen LogP contribution in [-0.4, -0.2) is 69.9 Å². The van der Waals surface area contributed by atoms with Crippen LogP contribution in [0.1, 0.15) is 18.4 Å². The van der Waals surface area contributed by atoms with E-state index >= 15 is 0 Å². The SMILES string of the molecule is O=C(CCNS(=O)(=O)c1ccc(F)cc1)NCCCN1CCN(Cc2ccccc2)CC1. The maximum atomic E-state index is 12.9.